The van der Waals surface area contributed by atoms with Crippen molar-refractivity contribution in [2.24, 2.45) is 0 Å². The van der Waals surface area contributed by atoms with Crippen molar-refractivity contribution in [3.8, 4) is 0 Å². The molecule has 4 heterocycles. The molecule has 7 nitrogen and oxygen atoms in total. The van der Waals surface area contributed by atoms with Gasteiger partial charge in [-0.1, -0.05) is 0 Å². The number of ether oxygens (including phenoxy) is 1. The highest BCUT2D eigenvalue weighted by Crippen LogP contribution is 2.27. The summed E-state index contributed by atoms with van der Waals surface area (Å²) in [6.45, 7) is 5.12. The van der Waals surface area contributed by atoms with E-state index in [9.17, 15) is 0 Å². The zero-order chi connectivity index (χ0) is 17.1. The summed E-state index contributed by atoms with van der Waals surface area (Å²) in [6.07, 6.45) is 4.69. The molecule has 0 amide bonds. The lowest BCUT2D eigenvalue weighted by atomic mass is 10.3. The number of pyridine rings is 1. The smallest absolute Gasteiger partial charge is 0.224 e. The molecule has 0 bridgehead atoms. The second-order valence-electron chi connectivity index (χ2n) is 6.22. The first-order valence-electron chi connectivity index (χ1n) is 8.57. The first-order chi connectivity index (χ1) is 12.3. The van der Waals surface area contributed by atoms with Crippen LogP contribution in [0.25, 0.3) is 0 Å². The maximum absolute atomic E-state index is 5.41. The molecule has 2 aromatic rings. The minimum Gasteiger partial charge on any atom is -0.378 e. The molecule has 0 aromatic carbocycles. The van der Waals surface area contributed by atoms with Gasteiger partial charge in [0.1, 0.15) is 11.6 Å². The van der Waals surface area contributed by atoms with E-state index in [1.165, 1.54) is 0 Å². The van der Waals surface area contributed by atoms with Gasteiger partial charge in [0.05, 0.1) is 17.7 Å². The molecule has 2 aromatic heterocycles. The van der Waals surface area contributed by atoms with Gasteiger partial charge in [0, 0.05) is 44.6 Å². The van der Waals surface area contributed by atoms with Gasteiger partial charge in [-0.15, -0.1) is 0 Å². The van der Waals surface area contributed by atoms with Crippen molar-refractivity contribution >= 4 is 33.5 Å². The lowest BCUT2D eigenvalue weighted by Gasteiger charge is -2.28. The van der Waals surface area contributed by atoms with Crippen LogP contribution in [0.15, 0.2) is 35.1 Å². The average molecular weight is 405 g/mol. The normalized spacial score (nSPS) is 20.8. The molecule has 1 atom stereocenters. The van der Waals surface area contributed by atoms with Gasteiger partial charge in [0.15, 0.2) is 0 Å². The minimum absolute atomic E-state index is 0.314. The molecule has 0 saturated carbocycles. The second-order valence-corrected chi connectivity index (χ2v) is 7.08. The quantitative estimate of drug-likeness (QED) is 0.836. The standard InChI is InChI=1S/C17H21BrN6O/c18-14-2-1-5-19-16(14)24-7-4-13(12-24)21-17-20-6-3-15(22-17)23-8-10-25-11-9-23/h1-3,5-6,13H,4,7-12H2,(H,20,21,22). The molecular formula is C17H21BrN6O. The summed E-state index contributed by atoms with van der Waals surface area (Å²) in [6, 6.07) is 6.24. The monoisotopic (exact) mass is 404 g/mol. The van der Waals surface area contributed by atoms with Crippen molar-refractivity contribution < 1.29 is 4.74 Å². The van der Waals surface area contributed by atoms with Crippen LogP contribution >= 0.6 is 15.9 Å². The van der Waals surface area contributed by atoms with E-state index in [-0.39, 0.29) is 0 Å². The first-order valence-corrected chi connectivity index (χ1v) is 9.36. The summed E-state index contributed by atoms with van der Waals surface area (Å²) in [7, 11) is 0. The molecule has 2 fully saturated rings. The molecule has 132 valence electrons. The molecule has 0 radical (unpaired) electrons. The van der Waals surface area contributed by atoms with E-state index in [0.29, 0.717) is 12.0 Å². The summed E-state index contributed by atoms with van der Waals surface area (Å²) < 4.78 is 6.44. The van der Waals surface area contributed by atoms with Crippen LogP contribution in [-0.4, -0.2) is 60.4 Å². The van der Waals surface area contributed by atoms with Crippen molar-refractivity contribution in [1.82, 2.24) is 15.0 Å². The summed E-state index contributed by atoms with van der Waals surface area (Å²) >= 11 is 3.58. The van der Waals surface area contributed by atoms with Gasteiger partial charge in [0.25, 0.3) is 0 Å². The largest absolute Gasteiger partial charge is 0.378 e. The molecule has 0 spiro atoms. The van der Waals surface area contributed by atoms with Gasteiger partial charge in [-0.25, -0.2) is 9.97 Å². The number of nitrogens with zero attached hydrogens (tertiary/aromatic N) is 5. The molecule has 0 aliphatic carbocycles. The highest BCUT2D eigenvalue weighted by atomic mass is 79.9. The van der Waals surface area contributed by atoms with Crippen LogP contribution in [0.3, 0.4) is 0 Å². The number of hydrogen-bond acceptors (Lipinski definition) is 7. The van der Waals surface area contributed by atoms with Gasteiger partial charge < -0.3 is 19.9 Å². The highest BCUT2D eigenvalue weighted by Gasteiger charge is 2.25. The van der Waals surface area contributed by atoms with Crippen molar-refractivity contribution in [2.75, 3.05) is 54.5 Å². The predicted molar refractivity (Wildman–Crippen MR) is 101 cm³/mol. The maximum Gasteiger partial charge on any atom is 0.224 e. The Bertz CT molecular complexity index is 724. The molecule has 4 rings (SSSR count). The van der Waals surface area contributed by atoms with E-state index >= 15 is 0 Å². The van der Waals surface area contributed by atoms with Gasteiger partial charge >= 0.3 is 0 Å². The molecule has 8 heteroatoms. The fourth-order valence-electron chi connectivity index (χ4n) is 3.25. The summed E-state index contributed by atoms with van der Waals surface area (Å²) in [5, 5.41) is 3.47. The Morgan fingerprint density at radius 2 is 1.96 bits per heavy atom. The Balaban J connectivity index is 1.40. The Kier molecular flexibility index (Phi) is 4.98. The molecule has 2 saturated heterocycles. The lowest BCUT2D eigenvalue weighted by molar-refractivity contribution is 0.122. The van der Waals surface area contributed by atoms with E-state index in [4.69, 9.17) is 4.74 Å². The number of rotatable bonds is 4. The van der Waals surface area contributed by atoms with E-state index in [0.717, 1.165) is 61.9 Å². The lowest BCUT2D eigenvalue weighted by Crippen LogP contribution is -2.37. The average Bonchev–Trinajstić information content (AvgIpc) is 3.11. The fraction of sp³-hybridized carbons (Fsp3) is 0.471. The highest BCUT2D eigenvalue weighted by molar-refractivity contribution is 9.10. The Morgan fingerprint density at radius 3 is 2.80 bits per heavy atom. The van der Waals surface area contributed by atoms with E-state index in [1.54, 1.807) is 0 Å². The molecular weight excluding hydrogens is 384 g/mol. The number of halogens is 1. The van der Waals surface area contributed by atoms with E-state index in [1.807, 2.05) is 30.6 Å². The van der Waals surface area contributed by atoms with Crippen LogP contribution in [0.1, 0.15) is 6.42 Å². The number of morpholine rings is 1. The van der Waals surface area contributed by atoms with Crippen LogP contribution < -0.4 is 15.1 Å². The van der Waals surface area contributed by atoms with Gasteiger partial charge in [-0.2, -0.15) is 4.98 Å². The van der Waals surface area contributed by atoms with Crippen LogP contribution in [0.2, 0.25) is 0 Å². The van der Waals surface area contributed by atoms with Gasteiger partial charge in [-0.3, -0.25) is 0 Å². The van der Waals surface area contributed by atoms with E-state index < -0.39 is 0 Å². The third-order valence-corrected chi connectivity index (χ3v) is 5.15. The maximum atomic E-state index is 5.41. The third-order valence-electron chi connectivity index (χ3n) is 4.54. The van der Waals surface area contributed by atoms with Crippen molar-refractivity contribution in [3.05, 3.63) is 35.1 Å². The zero-order valence-electron chi connectivity index (χ0n) is 13.9. The SMILES string of the molecule is Brc1cccnc1N1CCC(Nc2nccc(N3CCOCC3)n2)C1. The number of anilines is 3. The molecule has 25 heavy (non-hydrogen) atoms. The topological polar surface area (TPSA) is 66.4 Å². The fourth-order valence-corrected chi connectivity index (χ4v) is 3.76. The number of nitrogens with one attached hydrogen (secondary N) is 1. The summed E-state index contributed by atoms with van der Waals surface area (Å²) in [4.78, 5) is 18.1. The third kappa shape index (κ3) is 3.85. The van der Waals surface area contributed by atoms with Crippen LogP contribution in [0.4, 0.5) is 17.6 Å². The van der Waals surface area contributed by atoms with E-state index in [2.05, 4.69) is 46.0 Å². The Morgan fingerprint density at radius 1 is 1.08 bits per heavy atom. The zero-order valence-corrected chi connectivity index (χ0v) is 15.5. The molecule has 2 aliphatic heterocycles. The second kappa shape index (κ2) is 7.53. The number of hydrogen-bond donors (Lipinski definition) is 1. The summed E-state index contributed by atoms with van der Waals surface area (Å²) in [5.74, 6) is 2.65. The number of aromatic nitrogens is 3. The Hall–Kier alpha value is -1.93. The van der Waals surface area contributed by atoms with Crippen LogP contribution in [0, 0.1) is 0 Å². The van der Waals surface area contributed by atoms with Gasteiger partial charge in [-0.05, 0) is 40.5 Å². The van der Waals surface area contributed by atoms with Crippen molar-refractivity contribution in [3.63, 3.8) is 0 Å². The van der Waals surface area contributed by atoms with Gasteiger partial charge in [0.2, 0.25) is 5.95 Å². The minimum atomic E-state index is 0.314. The van der Waals surface area contributed by atoms with Crippen molar-refractivity contribution in [1.29, 1.82) is 0 Å². The molecule has 1 unspecified atom stereocenters. The predicted octanol–water partition coefficient (Wildman–Crippen LogP) is 2.16. The molecule has 1 N–H and O–H groups in total. The van der Waals surface area contributed by atoms with Crippen molar-refractivity contribution in [2.45, 2.75) is 12.5 Å². The Labute approximate surface area is 155 Å². The molecule has 2 aliphatic rings. The first kappa shape index (κ1) is 16.5. The van der Waals surface area contributed by atoms with Crippen LogP contribution in [-0.2, 0) is 4.74 Å². The summed E-state index contributed by atoms with van der Waals surface area (Å²) in [5.41, 5.74) is 0. The van der Waals surface area contributed by atoms with Crippen LogP contribution in [0.5, 0.6) is 0 Å².